The molecule has 0 aromatic heterocycles. The first-order valence-electron chi connectivity index (χ1n) is 6.91. The van der Waals surface area contributed by atoms with Gasteiger partial charge in [0.2, 0.25) is 0 Å². The van der Waals surface area contributed by atoms with Gasteiger partial charge < -0.3 is 4.74 Å². The van der Waals surface area contributed by atoms with E-state index < -0.39 is 10.0 Å². The summed E-state index contributed by atoms with van der Waals surface area (Å²) in [5, 5.41) is 0. The Morgan fingerprint density at radius 1 is 1.10 bits per heavy atom. The highest BCUT2D eigenvalue weighted by molar-refractivity contribution is 7.93. The van der Waals surface area contributed by atoms with Crippen LogP contribution in [0, 0.1) is 0 Å². The van der Waals surface area contributed by atoms with Gasteiger partial charge in [0.05, 0.1) is 23.7 Å². The summed E-state index contributed by atoms with van der Waals surface area (Å²) in [6.07, 6.45) is 1.44. The van der Waals surface area contributed by atoms with Crippen molar-refractivity contribution in [2.75, 3.05) is 11.4 Å². The van der Waals surface area contributed by atoms with E-state index in [-0.39, 0.29) is 6.04 Å². The van der Waals surface area contributed by atoms with E-state index in [0.29, 0.717) is 17.1 Å². The van der Waals surface area contributed by atoms with E-state index in [4.69, 9.17) is 4.74 Å². The predicted octanol–water partition coefficient (Wildman–Crippen LogP) is 2.37. The van der Waals surface area contributed by atoms with Crippen molar-refractivity contribution in [3.8, 4) is 5.75 Å². The third kappa shape index (κ3) is 1.64. The lowest BCUT2D eigenvalue weighted by molar-refractivity contribution is 0.404. The highest BCUT2D eigenvalue weighted by Crippen LogP contribution is 2.44. The molecular weight excluding hydrogens is 286 g/mol. The van der Waals surface area contributed by atoms with E-state index in [1.54, 1.807) is 23.5 Å². The first-order chi connectivity index (χ1) is 10.1. The minimum Gasteiger partial charge on any atom is -0.496 e. The van der Waals surface area contributed by atoms with E-state index in [1.807, 2.05) is 30.3 Å². The molecule has 2 aliphatic rings. The minimum absolute atomic E-state index is 0.0452. The van der Waals surface area contributed by atoms with Gasteiger partial charge in [-0.05, 0) is 36.6 Å². The van der Waals surface area contributed by atoms with Crippen LogP contribution in [0.25, 0.3) is 0 Å². The molecule has 0 bridgehead atoms. The zero-order valence-electron chi connectivity index (χ0n) is 11.6. The molecule has 0 radical (unpaired) electrons. The third-order valence-corrected chi connectivity index (χ3v) is 6.25. The molecule has 0 saturated heterocycles. The van der Waals surface area contributed by atoms with Crippen LogP contribution in [0.1, 0.15) is 11.1 Å². The zero-order valence-corrected chi connectivity index (χ0v) is 12.4. The van der Waals surface area contributed by atoms with Crippen molar-refractivity contribution in [1.82, 2.24) is 0 Å². The summed E-state index contributed by atoms with van der Waals surface area (Å²) in [4.78, 5) is 0.370. The quantitative estimate of drug-likeness (QED) is 0.812. The van der Waals surface area contributed by atoms with Crippen LogP contribution in [0.5, 0.6) is 5.75 Å². The minimum atomic E-state index is -3.51. The summed E-state index contributed by atoms with van der Waals surface area (Å²) >= 11 is 0. The number of anilines is 1. The van der Waals surface area contributed by atoms with Crippen LogP contribution in [0.3, 0.4) is 0 Å². The number of para-hydroxylation sites is 1. The van der Waals surface area contributed by atoms with Crippen LogP contribution in [-0.2, 0) is 22.9 Å². The Hall–Kier alpha value is -2.01. The number of rotatable bonds is 1. The molecule has 2 heterocycles. The number of nitrogens with zero attached hydrogens (tertiary/aromatic N) is 1. The SMILES string of the molecule is COc1cccc2c1CC1Cc3ccccc3N1S2(=O)=O. The van der Waals surface area contributed by atoms with Crippen LogP contribution in [-0.4, -0.2) is 21.6 Å². The number of hydrogen-bond donors (Lipinski definition) is 0. The van der Waals surface area contributed by atoms with Crippen molar-refractivity contribution in [1.29, 1.82) is 0 Å². The summed E-state index contributed by atoms with van der Waals surface area (Å²) in [6, 6.07) is 12.9. The maximum atomic E-state index is 13.0. The number of methoxy groups -OCH3 is 1. The molecule has 2 aliphatic heterocycles. The fourth-order valence-corrected chi connectivity index (χ4v) is 5.37. The topological polar surface area (TPSA) is 46.6 Å². The Balaban J connectivity index is 1.95. The predicted molar refractivity (Wildman–Crippen MR) is 80.3 cm³/mol. The summed E-state index contributed by atoms with van der Waals surface area (Å²) < 4.78 is 32.9. The van der Waals surface area contributed by atoms with E-state index in [9.17, 15) is 8.42 Å². The largest absolute Gasteiger partial charge is 0.496 e. The Kier molecular flexibility index (Phi) is 2.57. The van der Waals surface area contributed by atoms with Crippen molar-refractivity contribution in [2.24, 2.45) is 0 Å². The van der Waals surface area contributed by atoms with Crippen LogP contribution >= 0.6 is 0 Å². The average molecular weight is 301 g/mol. The third-order valence-electron chi connectivity index (χ3n) is 4.30. The van der Waals surface area contributed by atoms with Gasteiger partial charge in [0.15, 0.2) is 0 Å². The monoisotopic (exact) mass is 301 g/mol. The summed E-state index contributed by atoms with van der Waals surface area (Å²) in [5.74, 6) is 0.659. The van der Waals surface area contributed by atoms with Gasteiger partial charge in [0.25, 0.3) is 10.0 Å². The van der Waals surface area contributed by atoms with Crippen molar-refractivity contribution in [2.45, 2.75) is 23.8 Å². The van der Waals surface area contributed by atoms with Crippen molar-refractivity contribution >= 4 is 15.7 Å². The molecule has 108 valence electrons. The van der Waals surface area contributed by atoms with E-state index >= 15 is 0 Å². The van der Waals surface area contributed by atoms with Crippen molar-refractivity contribution in [3.05, 3.63) is 53.6 Å². The molecule has 0 fully saturated rings. The molecule has 0 amide bonds. The van der Waals surface area contributed by atoms with Gasteiger partial charge in [-0.1, -0.05) is 24.3 Å². The number of hydrogen-bond acceptors (Lipinski definition) is 3. The maximum absolute atomic E-state index is 13.0. The summed E-state index contributed by atoms with van der Waals surface area (Å²) in [6.45, 7) is 0. The van der Waals surface area contributed by atoms with Gasteiger partial charge in [-0.15, -0.1) is 0 Å². The number of sulfonamides is 1. The second-order valence-electron chi connectivity index (χ2n) is 5.43. The normalized spacial score (nSPS) is 21.4. The lowest BCUT2D eigenvalue weighted by Gasteiger charge is -2.33. The highest BCUT2D eigenvalue weighted by atomic mass is 32.2. The average Bonchev–Trinajstić information content (AvgIpc) is 2.86. The Morgan fingerprint density at radius 3 is 2.71 bits per heavy atom. The van der Waals surface area contributed by atoms with Crippen LogP contribution in [0.15, 0.2) is 47.4 Å². The molecule has 5 heteroatoms. The molecule has 0 saturated carbocycles. The van der Waals surface area contributed by atoms with Crippen LogP contribution in [0.2, 0.25) is 0 Å². The van der Waals surface area contributed by atoms with Crippen molar-refractivity contribution in [3.63, 3.8) is 0 Å². The maximum Gasteiger partial charge on any atom is 0.265 e. The summed E-state index contributed by atoms with van der Waals surface area (Å²) in [5.41, 5.74) is 2.71. The molecule has 4 nitrogen and oxygen atoms in total. The van der Waals surface area contributed by atoms with Gasteiger partial charge in [0.1, 0.15) is 5.75 Å². The molecule has 1 atom stereocenters. The molecule has 1 unspecified atom stereocenters. The van der Waals surface area contributed by atoms with Crippen LogP contribution in [0.4, 0.5) is 5.69 Å². The van der Waals surface area contributed by atoms with E-state index in [1.165, 1.54) is 0 Å². The lowest BCUT2D eigenvalue weighted by atomic mass is 10.0. The molecule has 21 heavy (non-hydrogen) atoms. The molecule has 0 aliphatic carbocycles. The Morgan fingerprint density at radius 2 is 1.90 bits per heavy atom. The fraction of sp³-hybridized carbons (Fsp3) is 0.250. The number of fused-ring (bicyclic) bond motifs is 4. The van der Waals surface area contributed by atoms with Gasteiger partial charge in [-0.2, -0.15) is 0 Å². The lowest BCUT2D eigenvalue weighted by Crippen LogP contribution is -2.43. The number of benzene rings is 2. The molecular formula is C16H15NO3S. The van der Waals surface area contributed by atoms with Gasteiger partial charge >= 0.3 is 0 Å². The van der Waals surface area contributed by atoms with E-state index in [2.05, 4.69) is 0 Å². The summed E-state index contributed by atoms with van der Waals surface area (Å²) in [7, 11) is -1.93. The second-order valence-corrected chi connectivity index (χ2v) is 7.21. The molecule has 0 N–H and O–H groups in total. The Labute approximate surface area is 124 Å². The Bertz CT molecular complexity index is 829. The molecule has 4 rings (SSSR count). The van der Waals surface area contributed by atoms with Crippen LogP contribution < -0.4 is 9.04 Å². The van der Waals surface area contributed by atoms with Gasteiger partial charge in [-0.25, -0.2) is 8.42 Å². The molecule has 2 aromatic carbocycles. The van der Waals surface area contributed by atoms with Gasteiger partial charge in [-0.3, -0.25) is 4.31 Å². The standard InChI is InChI=1S/C16H15NO3S/c1-20-15-7-4-8-16-13(15)10-12-9-11-5-2-3-6-14(11)17(12)21(16,18)19/h2-8,12H,9-10H2,1H3. The van der Waals surface area contributed by atoms with Crippen molar-refractivity contribution < 1.29 is 13.2 Å². The van der Waals surface area contributed by atoms with E-state index in [0.717, 1.165) is 23.2 Å². The number of ether oxygens (including phenoxy) is 1. The second kappa shape index (κ2) is 4.24. The first kappa shape index (κ1) is 12.7. The molecule has 0 spiro atoms. The zero-order chi connectivity index (χ0) is 14.6. The smallest absolute Gasteiger partial charge is 0.265 e. The fourth-order valence-electron chi connectivity index (χ4n) is 3.43. The first-order valence-corrected chi connectivity index (χ1v) is 8.35. The molecule has 2 aromatic rings. The van der Waals surface area contributed by atoms with Gasteiger partial charge in [0, 0.05) is 5.56 Å². The highest BCUT2D eigenvalue weighted by Gasteiger charge is 2.44.